The minimum atomic E-state index is -3.66. The maximum atomic E-state index is 13.4. The van der Waals surface area contributed by atoms with Crippen molar-refractivity contribution in [1.29, 1.82) is 0 Å². The Balaban J connectivity index is 1.41. The Labute approximate surface area is 233 Å². The highest BCUT2D eigenvalue weighted by Crippen LogP contribution is 2.21. The molecule has 1 aliphatic rings. The van der Waals surface area contributed by atoms with Crippen LogP contribution < -0.4 is 10.1 Å². The fraction of sp³-hybridized carbons (Fsp3) is 0.310. The van der Waals surface area contributed by atoms with Crippen molar-refractivity contribution < 1.29 is 31.9 Å². The second-order valence-corrected chi connectivity index (χ2v) is 11.2. The fourth-order valence-electron chi connectivity index (χ4n) is 4.17. The summed E-state index contributed by atoms with van der Waals surface area (Å²) >= 11 is 0. The topological polar surface area (TPSA) is 105 Å². The first-order valence-corrected chi connectivity index (χ1v) is 14.3. The van der Waals surface area contributed by atoms with E-state index in [1.165, 1.54) is 45.6 Å². The van der Waals surface area contributed by atoms with Gasteiger partial charge in [-0.15, -0.1) is 0 Å². The van der Waals surface area contributed by atoms with Gasteiger partial charge in [0.15, 0.2) is 6.61 Å². The number of rotatable bonds is 11. The van der Waals surface area contributed by atoms with E-state index in [1.807, 2.05) is 30.3 Å². The van der Waals surface area contributed by atoms with Crippen LogP contribution in [0, 0.1) is 5.82 Å². The normalized spacial score (nSPS) is 14.8. The number of sulfonamides is 1. The predicted molar refractivity (Wildman–Crippen MR) is 146 cm³/mol. The third kappa shape index (κ3) is 7.65. The second kappa shape index (κ2) is 13.5. The number of hydrogen-bond acceptors (Lipinski definition) is 6. The molecule has 1 atom stereocenters. The number of carbonyl (C=O) groups excluding carboxylic acids is 2. The maximum absolute atomic E-state index is 13.4. The van der Waals surface area contributed by atoms with Gasteiger partial charge >= 0.3 is 0 Å². The number of carbonyl (C=O) groups is 2. The molecular formula is C29H32FN3O6S. The molecule has 3 aromatic rings. The number of benzene rings is 3. The molecule has 1 fully saturated rings. The van der Waals surface area contributed by atoms with E-state index in [0.29, 0.717) is 31.1 Å². The first-order chi connectivity index (χ1) is 19.2. The van der Waals surface area contributed by atoms with Crippen molar-refractivity contribution in [3.63, 3.8) is 0 Å². The van der Waals surface area contributed by atoms with Crippen LogP contribution in [0.4, 0.5) is 4.39 Å². The molecule has 3 aromatic carbocycles. The van der Waals surface area contributed by atoms with Gasteiger partial charge in [0, 0.05) is 26.2 Å². The van der Waals surface area contributed by atoms with Gasteiger partial charge < -0.3 is 19.7 Å². The average Bonchev–Trinajstić information content (AvgIpc) is 2.99. The third-order valence-electron chi connectivity index (χ3n) is 6.54. The summed E-state index contributed by atoms with van der Waals surface area (Å²) in [5.74, 6) is -0.913. The molecule has 0 aromatic heterocycles. The van der Waals surface area contributed by atoms with Crippen LogP contribution in [0.2, 0.25) is 0 Å². The summed E-state index contributed by atoms with van der Waals surface area (Å²) in [7, 11) is -3.66. The smallest absolute Gasteiger partial charge is 0.261 e. The Hall–Kier alpha value is -3.80. The van der Waals surface area contributed by atoms with Gasteiger partial charge in [0.05, 0.1) is 18.1 Å². The summed E-state index contributed by atoms with van der Waals surface area (Å²) in [6.07, 6.45) is 0. The van der Waals surface area contributed by atoms with Gasteiger partial charge in [0.2, 0.25) is 15.9 Å². The van der Waals surface area contributed by atoms with Crippen LogP contribution in [-0.2, 0) is 37.4 Å². The number of halogens is 1. The van der Waals surface area contributed by atoms with Crippen LogP contribution >= 0.6 is 0 Å². The Morgan fingerprint density at radius 1 is 0.975 bits per heavy atom. The lowest BCUT2D eigenvalue weighted by molar-refractivity contribution is -0.142. The zero-order valence-electron chi connectivity index (χ0n) is 22.2. The molecule has 0 bridgehead atoms. The molecular weight excluding hydrogens is 537 g/mol. The summed E-state index contributed by atoms with van der Waals surface area (Å²) in [6.45, 7) is 2.88. The van der Waals surface area contributed by atoms with Gasteiger partial charge in [-0.1, -0.05) is 42.5 Å². The summed E-state index contributed by atoms with van der Waals surface area (Å²) in [5, 5.41) is 2.85. The van der Waals surface area contributed by atoms with E-state index in [9.17, 15) is 22.4 Å². The van der Waals surface area contributed by atoms with E-state index in [4.69, 9.17) is 9.47 Å². The molecule has 0 unspecified atom stereocenters. The molecule has 11 heteroatoms. The molecule has 40 heavy (non-hydrogen) atoms. The van der Waals surface area contributed by atoms with E-state index >= 15 is 0 Å². The van der Waals surface area contributed by atoms with Crippen molar-refractivity contribution in [2.75, 3.05) is 32.9 Å². The van der Waals surface area contributed by atoms with Crippen molar-refractivity contribution >= 4 is 21.8 Å². The molecule has 1 N–H and O–H groups in total. The lowest BCUT2D eigenvalue weighted by atomic mass is 10.1. The molecule has 0 aliphatic carbocycles. The first kappa shape index (κ1) is 29.2. The molecule has 0 saturated carbocycles. The Kier molecular flexibility index (Phi) is 9.86. The van der Waals surface area contributed by atoms with Crippen molar-refractivity contribution in [1.82, 2.24) is 14.5 Å². The first-order valence-electron chi connectivity index (χ1n) is 12.9. The van der Waals surface area contributed by atoms with Crippen LogP contribution in [0.5, 0.6) is 5.75 Å². The quantitative estimate of drug-likeness (QED) is 0.381. The van der Waals surface area contributed by atoms with Gasteiger partial charge in [0.1, 0.15) is 17.6 Å². The third-order valence-corrected chi connectivity index (χ3v) is 8.45. The summed E-state index contributed by atoms with van der Waals surface area (Å²) in [5.41, 5.74) is 1.57. The van der Waals surface area contributed by atoms with Crippen molar-refractivity contribution in [3.05, 3.63) is 95.8 Å². The monoisotopic (exact) mass is 569 g/mol. The van der Waals surface area contributed by atoms with Crippen molar-refractivity contribution in [3.8, 4) is 5.75 Å². The standard InChI is InChI=1S/C29H32FN3O6S/c1-22(29(35)31-19-23-5-3-2-4-6-23)33(20-24-7-9-25(30)10-8-24)28(34)21-39-26-11-13-27(14-12-26)40(36,37)32-15-17-38-18-16-32/h2-14,22H,15-21H2,1H3,(H,31,35)/t22-/m0/s1. The lowest BCUT2D eigenvalue weighted by Gasteiger charge is -2.29. The van der Waals surface area contributed by atoms with Gasteiger partial charge in [-0.05, 0) is 54.4 Å². The van der Waals surface area contributed by atoms with Gasteiger partial charge in [-0.3, -0.25) is 9.59 Å². The minimum Gasteiger partial charge on any atom is -0.484 e. The number of morpholine rings is 1. The number of nitrogens with zero attached hydrogens (tertiary/aromatic N) is 2. The number of nitrogens with one attached hydrogen (secondary N) is 1. The molecule has 212 valence electrons. The Bertz CT molecular complexity index is 1380. The fourth-order valence-corrected chi connectivity index (χ4v) is 5.58. The highest BCUT2D eigenvalue weighted by molar-refractivity contribution is 7.89. The van der Waals surface area contributed by atoms with E-state index in [0.717, 1.165) is 5.56 Å². The van der Waals surface area contributed by atoms with Crippen LogP contribution in [0.3, 0.4) is 0 Å². The van der Waals surface area contributed by atoms with E-state index in [2.05, 4.69) is 5.32 Å². The van der Waals surface area contributed by atoms with Crippen molar-refractivity contribution in [2.24, 2.45) is 0 Å². The zero-order valence-corrected chi connectivity index (χ0v) is 23.0. The van der Waals surface area contributed by atoms with Crippen molar-refractivity contribution in [2.45, 2.75) is 31.0 Å². The molecule has 1 heterocycles. The molecule has 0 radical (unpaired) electrons. The Morgan fingerprint density at radius 2 is 1.62 bits per heavy atom. The molecule has 1 aliphatic heterocycles. The molecule has 4 rings (SSSR count). The number of hydrogen-bond donors (Lipinski definition) is 1. The minimum absolute atomic E-state index is 0.0686. The SMILES string of the molecule is C[C@@H](C(=O)NCc1ccccc1)N(Cc1ccc(F)cc1)C(=O)COc1ccc(S(=O)(=O)N2CCOCC2)cc1. The highest BCUT2D eigenvalue weighted by Gasteiger charge is 2.28. The van der Waals surface area contributed by atoms with E-state index < -0.39 is 27.8 Å². The van der Waals surface area contributed by atoms with Crippen LogP contribution in [0.15, 0.2) is 83.8 Å². The molecule has 2 amide bonds. The predicted octanol–water partition coefficient (Wildman–Crippen LogP) is 2.96. The summed E-state index contributed by atoms with van der Waals surface area (Å²) in [6, 6.07) is 20.1. The molecule has 0 spiro atoms. The van der Waals surface area contributed by atoms with E-state index in [-0.39, 0.29) is 37.0 Å². The zero-order chi connectivity index (χ0) is 28.5. The van der Waals surface area contributed by atoms with Crippen LogP contribution in [-0.4, -0.2) is 68.4 Å². The number of ether oxygens (including phenoxy) is 2. The van der Waals surface area contributed by atoms with Crippen LogP contribution in [0.25, 0.3) is 0 Å². The van der Waals surface area contributed by atoms with E-state index in [1.54, 1.807) is 19.1 Å². The maximum Gasteiger partial charge on any atom is 0.261 e. The summed E-state index contributed by atoms with van der Waals surface area (Å²) < 4.78 is 51.4. The van der Waals surface area contributed by atoms with Gasteiger partial charge in [-0.25, -0.2) is 12.8 Å². The van der Waals surface area contributed by atoms with Crippen LogP contribution in [0.1, 0.15) is 18.1 Å². The highest BCUT2D eigenvalue weighted by atomic mass is 32.2. The summed E-state index contributed by atoms with van der Waals surface area (Å²) in [4.78, 5) is 27.7. The van der Waals surface area contributed by atoms with Gasteiger partial charge in [-0.2, -0.15) is 4.31 Å². The second-order valence-electron chi connectivity index (χ2n) is 9.30. The largest absolute Gasteiger partial charge is 0.484 e. The molecule has 1 saturated heterocycles. The average molecular weight is 570 g/mol. The molecule has 9 nitrogen and oxygen atoms in total. The lowest BCUT2D eigenvalue weighted by Crippen LogP contribution is -2.48. The number of amides is 2. The Morgan fingerprint density at radius 3 is 2.27 bits per heavy atom. The van der Waals surface area contributed by atoms with Gasteiger partial charge in [0.25, 0.3) is 5.91 Å².